The Bertz CT molecular complexity index is 177. The molecule has 0 aliphatic carbocycles. The summed E-state index contributed by atoms with van der Waals surface area (Å²) in [5.41, 5.74) is 0.0304. The zero-order valence-corrected chi connectivity index (χ0v) is 10.1. The first-order chi connectivity index (χ1) is 6.45. The maximum atomic E-state index is 9.64. The standard InChI is InChI=1S/C12H25NO/c1-5-11-6-7-13(8-11)9-12(3,4)10(2)14/h10-11,14H,5-9H2,1-4H3. The second-order valence-electron chi connectivity index (χ2n) is 5.46. The molecule has 84 valence electrons. The smallest absolute Gasteiger partial charge is 0.0575 e. The van der Waals surface area contributed by atoms with Gasteiger partial charge in [-0.05, 0) is 25.8 Å². The first kappa shape index (κ1) is 12.0. The van der Waals surface area contributed by atoms with Crippen LogP contribution in [0, 0.1) is 11.3 Å². The van der Waals surface area contributed by atoms with Gasteiger partial charge in [-0.15, -0.1) is 0 Å². The van der Waals surface area contributed by atoms with Crippen LogP contribution in [-0.2, 0) is 0 Å². The normalized spacial score (nSPS) is 26.8. The van der Waals surface area contributed by atoms with Gasteiger partial charge in [0.25, 0.3) is 0 Å². The van der Waals surface area contributed by atoms with Gasteiger partial charge in [0.2, 0.25) is 0 Å². The predicted molar refractivity (Wildman–Crippen MR) is 60.3 cm³/mol. The van der Waals surface area contributed by atoms with Crippen LogP contribution in [0.3, 0.4) is 0 Å². The molecule has 0 bridgehead atoms. The monoisotopic (exact) mass is 199 g/mol. The maximum absolute atomic E-state index is 9.64. The van der Waals surface area contributed by atoms with E-state index in [2.05, 4.69) is 25.7 Å². The van der Waals surface area contributed by atoms with E-state index in [9.17, 15) is 5.11 Å². The summed E-state index contributed by atoms with van der Waals surface area (Å²) in [6, 6.07) is 0. The number of rotatable bonds is 4. The SMILES string of the molecule is CCC1CCN(CC(C)(C)C(C)O)C1. The van der Waals surface area contributed by atoms with E-state index in [1.807, 2.05) is 6.92 Å². The third-order valence-corrected chi connectivity index (χ3v) is 3.71. The van der Waals surface area contributed by atoms with Crippen LogP contribution in [0.5, 0.6) is 0 Å². The Balaban J connectivity index is 2.39. The molecular weight excluding hydrogens is 174 g/mol. The summed E-state index contributed by atoms with van der Waals surface area (Å²) in [6.45, 7) is 11.9. The molecular formula is C12H25NO. The number of nitrogens with zero attached hydrogens (tertiary/aromatic N) is 1. The Morgan fingerprint density at radius 2 is 2.14 bits per heavy atom. The number of hydrogen-bond donors (Lipinski definition) is 1. The Morgan fingerprint density at radius 1 is 1.50 bits per heavy atom. The van der Waals surface area contributed by atoms with E-state index in [1.165, 1.54) is 25.9 Å². The van der Waals surface area contributed by atoms with Crippen molar-refractivity contribution in [2.24, 2.45) is 11.3 Å². The van der Waals surface area contributed by atoms with Gasteiger partial charge in [-0.25, -0.2) is 0 Å². The van der Waals surface area contributed by atoms with E-state index in [1.54, 1.807) is 0 Å². The van der Waals surface area contributed by atoms with Crippen molar-refractivity contribution in [3.8, 4) is 0 Å². The van der Waals surface area contributed by atoms with E-state index >= 15 is 0 Å². The van der Waals surface area contributed by atoms with Crippen LogP contribution in [0.1, 0.15) is 40.5 Å². The first-order valence-electron chi connectivity index (χ1n) is 5.86. The van der Waals surface area contributed by atoms with Crippen molar-refractivity contribution in [2.75, 3.05) is 19.6 Å². The average molecular weight is 199 g/mol. The van der Waals surface area contributed by atoms with Gasteiger partial charge in [-0.1, -0.05) is 27.2 Å². The number of aliphatic hydroxyl groups excluding tert-OH is 1. The molecule has 0 aromatic rings. The summed E-state index contributed by atoms with van der Waals surface area (Å²) in [4.78, 5) is 2.50. The molecule has 2 unspecified atom stereocenters. The van der Waals surface area contributed by atoms with Crippen molar-refractivity contribution in [1.29, 1.82) is 0 Å². The molecule has 1 fully saturated rings. The van der Waals surface area contributed by atoms with Gasteiger partial charge in [0.15, 0.2) is 0 Å². The largest absolute Gasteiger partial charge is 0.393 e. The lowest BCUT2D eigenvalue weighted by Gasteiger charge is -2.32. The Hall–Kier alpha value is -0.0800. The maximum Gasteiger partial charge on any atom is 0.0575 e. The van der Waals surface area contributed by atoms with E-state index in [0.29, 0.717) is 0 Å². The summed E-state index contributed by atoms with van der Waals surface area (Å²) < 4.78 is 0. The fraction of sp³-hybridized carbons (Fsp3) is 1.00. The van der Waals surface area contributed by atoms with Crippen LogP contribution in [0.2, 0.25) is 0 Å². The minimum absolute atomic E-state index is 0.0304. The van der Waals surface area contributed by atoms with Gasteiger partial charge >= 0.3 is 0 Å². The van der Waals surface area contributed by atoms with Crippen LogP contribution < -0.4 is 0 Å². The zero-order chi connectivity index (χ0) is 10.8. The number of aliphatic hydroxyl groups is 1. The van der Waals surface area contributed by atoms with Crippen molar-refractivity contribution < 1.29 is 5.11 Å². The van der Waals surface area contributed by atoms with Crippen molar-refractivity contribution in [2.45, 2.75) is 46.6 Å². The van der Waals surface area contributed by atoms with Crippen molar-refractivity contribution in [3.05, 3.63) is 0 Å². The van der Waals surface area contributed by atoms with Gasteiger partial charge < -0.3 is 10.0 Å². The molecule has 14 heavy (non-hydrogen) atoms. The summed E-state index contributed by atoms with van der Waals surface area (Å²) in [7, 11) is 0. The van der Waals surface area contributed by atoms with E-state index in [-0.39, 0.29) is 11.5 Å². The van der Waals surface area contributed by atoms with Gasteiger partial charge in [0, 0.05) is 18.5 Å². The molecule has 1 rings (SSSR count). The summed E-state index contributed by atoms with van der Waals surface area (Å²) >= 11 is 0. The topological polar surface area (TPSA) is 23.5 Å². The molecule has 1 heterocycles. The Morgan fingerprint density at radius 3 is 2.57 bits per heavy atom. The molecule has 1 saturated heterocycles. The molecule has 2 nitrogen and oxygen atoms in total. The number of hydrogen-bond acceptors (Lipinski definition) is 2. The molecule has 0 radical (unpaired) electrons. The third-order valence-electron chi connectivity index (χ3n) is 3.71. The predicted octanol–water partition coefficient (Wildman–Crippen LogP) is 2.13. The quantitative estimate of drug-likeness (QED) is 0.749. The molecule has 0 spiro atoms. The molecule has 2 atom stereocenters. The van der Waals surface area contributed by atoms with Gasteiger partial charge in [-0.3, -0.25) is 0 Å². The highest BCUT2D eigenvalue weighted by molar-refractivity contribution is 4.83. The molecule has 2 heteroatoms. The molecule has 0 aromatic carbocycles. The first-order valence-corrected chi connectivity index (χ1v) is 5.86. The molecule has 0 amide bonds. The second kappa shape index (κ2) is 4.63. The lowest BCUT2D eigenvalue weighted by molar-refractivity contribution is 0.0395. The highest BCUT2D eigenvalue weighted by atomic mass is 16.3. The van der Waals surface area contributed by atoms with E-state index in [0.717, 1.165) is 12.5 Å². The average Bonchev–Trinajstić information content (AvgIpc) is 2.51. The lowest BCUT2D eigenvalue weighted by atomic mass is 9.87. The van der Waals surface area contributed by atoms with Crippen molar-refractivity contribution >= 4 is 0 Å². The van der Waals surface area contributed by atoms with Crippen LogP contribution in [0.15, 0.2) is 0 Å². The van der Waals surface area contributed by atoms with Gasteiger partial charge in [0.05, 0.1) is 6.10 Å². The molecule has 1 aliphatic heterocycles. The fourth-order valence-electron chi connectivity index (χ4n) is 2.10. The summed E-state index contributed by atoms with van der Waals surface area (Å²) in [5.74, 6) is 0.889. The number of likely N-dealkylation sites (tertiary alicyclic amines) is 1. The third kappa shape index (κ3) is 2.96. The van der Waals surface area contributed by atoms with Crippen LogP contribution in [-0.4, -0.2) is 35.7 Å². The zero-order valence-electron chi connectivity index (χ0n) is 10.1. The minimum atomic E-state index is -0.219. The Kier molecular flexibility index (Phi) is 3.96. The molecule has 1 N–H and O–H groups in total. The highest BCUT2D eigenvalue weighted by Crippen LogP contribution is 2.26. The molecule has 0 aromatic heterocycles. The highest BCUT2D eigenvalue weighted by Gasteiger charge is 2.30. The van der Waals surface area contributed by atoms with Crippen LogP contribution in [0.4, 0.5) is 0 Å². The Labute approximate surface area is 88.3 Å². The molecule has 0 saturated carbocycles. The van der Waals surface area contributed by atoms with E-state index in [4.69, 9.17) is 0 Å². The lowest BCUT2D eigenvalue weighted by Crippen LogP contribution is -2.39. The minimum Gasteiger partial charge on any atom is -0.393 e. The molecule has 1 aliphatic rings. The fourth-order valence-corrected chi connectivity index (χ4v) is 2.10. The van der Waals surface area contributed by atoms with Crippen molar-refractivity contribution in [1.82, 2.24) is 4.90 Å². The van der Waals surface area contributed by atoms with Crippen LogP contribution in [0.25, 0.3) is 0 Å². The van der Waals surface area contributed by atoms with Crippen molar-refractivity contribution in [3.63, 3.8) is 0 Å². The summed E-state index contributed by atoms with van der Waals surface area (Å²) in [6.07, 6.45) is 2.42. The van der Waals surface area contributed by atoms with Gasteiger partial charge in [-0.2, -0.15) is 0 Å². The van der Waals surface area contributed by atoms with E-state index < -0.39 is 0 Å². The van der Waals surface area contributed by atoms with Crippen LogP contribution >= 0.6 is 0 Å². The second-order valence-corrected chi connectivity index (χ2v) is 5.46. The van der Waals surface area contributed by atoms with Gasteiger partial charge in [0.1, 0.15) is 0 Å². The summed E-state index contributed by atoms with van der Waals surface area (Å²) in [5, 5.41) is 9.64.